The second-order valence-electron chi connectivity index (χ2n) is 34.1. The van der Waals surface area contributed by atoms with Crippen LogP contribution in [0.3, 0.4) is 0 Å². The molecule has 0 radical (unpaired) electrons. The van der Waals surface area contributed by atoms with E-state index in [1.54, 1.807) is 23.9 Å². The highest BCUT2D eigenvalue weighted by atomic mass is 32.2. The fourth-order valence-corrected chi connectivity index (χ4v) is 16.9. The van der Waals surface area contributed by atoms with Crippen molar-refractivity contribution < 1.29 is 77.3 Å². The predicted molar refractivity (Wildman–Crippen MR) is 529 cm³/mol. The van der Waals surface area contributed by atoms with Crippen molar-refractivity contribution in [3.05, 3.63) is 41.5 Å². The van der Waals surface area contributed by atoms with Crippen LogP contribution in [0.4, 0.5) is 4.79 Å². The molecule has 786 valence electrons. The Labute approximate surface area is 820 Å². The average Bonchev–Trinajstić information content (AvgIpc) is 1.66. The van der Waals surface area contributed by atoms with E-state index in [2.05, 4.69) is 123 Å². The van der Waals surface area contributed by atoms with Gasteiger partial charge in [-0.15, -0.1) is 0 Å². The number of allylic oxidation sites excluding steroid dienone is 2. The van der Waals surface area contributed by atoms with E-state index in [9.17, 15) is 53.4 Å². The molecule has 4 rings (SSSR count). The van der Waals surface area contributed by atoms with Crippen LogP contribution in [0, 0.1) is 48.7 Å². The maximum Gasteiger partial charge on any atom is 0.326 e. The molecule has 2 fully saturated rings. The largest absolute Gasteiger partial charge is 0.481 e. The van der Waals surface area contributed by atoms with Crippen molar-refractivity contribution in [2.24, 2.45) is 51.6 Å². The number of urea groups is 1. The lowest BCUT2D eigenvalue weighted by Crippen LogP contribution is -2.61. The third-order valence-corrected chi connectivity index (χ3v) is 24.1. The Morgan fingerprint density at radius 1 is 0.340 bits per heavy atom. The van der Waals surface area contributed by atoms with E-state index in [1.165, 1.54) is 0 Å². The summed E-state index contributed by atoms with van der Waals surface area (Å²) in [5.74, 6) is -17.2. The van der Waals surface area contributed by atoms with Gasteiger partial charge >= 0.3 is 18.0 Å². The number of unbranched alkanes of at least 4 members (excludes halogenated alkanes) is 1. The van der Waals surface area contributed by atoms with Gasteiger partial charge in [0.15, 0.2) is 53.6 Å². The molecule has 57 heteroatoms. The van der Waals surface area contributed by atoms with Crippen molar-refractivity contribution in [3.8, 4) is 0 Å². The number of rotatable bonds is 69. The summed E-state index contributed by atoms with van der Waals surface area (Å²) >= 11 is 1.71. The number of hydrogen-bond donors (Lipinski definition) is 42. The second kappa shape index (κ2) is 65.1. The van der Waals surface area contributed by atoms with Gasteiger partial charge in [0, 0.05) is 89.2 Å². The van der Waals surface area contributed by atoms with Crippen molar-refractivity contribution in [2.75, 3.05) is 64.7 Å². The van der Waals surface area contributed by atoms with Gasteiger partial charge in [0.25, 0.3) is 0 Å². The summed E-state index contributed by atoms with van der Waals surface area (Å²) < 4.78 is 0. The molecule has 2 heterocycles. The number of fused-ring (bicyclic) bond motifs is 1. The van der Waals surface area contributed by atoms with Crippen molar-refractivity contribution >= 4 is 154 Å². The van der Waals surface area contributed by atoms with E-state index in [4.69, 9.17) is 100 Å². The first-order valence-corrected chi connectivity index (χ1v) is 48.0. The third-order valence-electron chi connectivity index (χ3n) is 22.6. The Kier molecular flexibility index (Phi) is 54.6. The number of carboxylic acid groups (broad SMARTS) is 2. The van der Waals surface area contributed by atoms with Gasteiger partial charge in [0.1, 0.15) is 66.5 Å². The minimum atomic E-state index is -1.82. The number of aliphatic carboxylic acids is 2. The highest BCUT2D eigenvalue weighted by molar-refractivity contribution is 8.00. The summed E-state index contributed by atoms with van der Waals surface area (Å²) in [6.45, 7) is -0.430. The molecule has 0 unspecified atom stereocenters. The minimum Gasteiger partial charge on any atom is -0.481 e. The second-order valence-corrected chi connectivity index (χ2v) is 35.4. The monoisotopic (exact) mass is 2010 g/mol. The van der Waals surface area contributed by atoms with Gasteiger partial charge in [-0.3, -0.25) is 106 Å². The van der Waals surface area contributed by atoms with Gasteiger partial charge in [-0.25, -0.2) is 9.59 Å². The Morgan fingerprint density at radius 3 is 0.865 bits per heavy atom. The molecule has 2 saturated heterocycles. The van der Waals surface area contributed by atoms with Crippen molar-refractivity contribution in [1.29, 1.82) is 48.7 Å². The van der Waals surface area contributed by atoms with Crippen LogP contribution in [0.15, 0.2) is 30.3 Å². The summed E-state index contributed by atoms with van der Waals surface area (Å²) in [5, 5.41) is 148. The summed E-state index contributed by atoms with van der Waals surface area (Å²) in [4.78, 5) is 200. The number of guanidine groups is 9. The fourth-order valence-electron chi connectivity index (χ4n) is 15.4. The number of carbonyl (C=O) groups excluding carboxylic acids is 12. The van der Waals surface area contributed by atoms with Gasteiger partial charge in [0.2, 0.25) is 65.0 Å². The van der Waals surface area contributed by atoms with Crippen LogP contribution in [0.5, 0.6) is 0 Å². The van der Waals surface area contributed by atoms with Crippen LogP contribution >= 0.6 is 11.8 Å². The molecule has 0 aromatic heterocycles. The minimum absolute atomic E-state index is 0.000698. The standard InChI is InChI=1S/C84H148N40O16S/c85-75(86)103-34-6-17-48(112-61(125)27-5-4-26-60-63-59(44-141-60)123-84(140)124-63)64(128)113-49(18-7-35-104-76(87)88)65(129)114-50(19-8-36-105-77(89)90)66(130)115-51(20-9-37-106-78(91)92)67(131)116-52(21-10-38-107-79(93)94)68(132)117-53(22-11-39-108-80(95)96)69(133)118-54(23-12-40-109-81(97)98)70(134)119-55(24-13-41-110-82(99)100)71(135)121-57(32-33-62(126)127)73(137)120-56(25-14-42-111-83(101)102)72(136)122-58(74(138)139)43-45-28-30-47(31-29-45)46-15-2-1-3-16-46/h15,28-31,48-60,63H,1-14,16-27,32-44H2,(H,112,125)(H,113,128)(H,114,129)(H,115,130)(H,116,131)(H,117,132)(H,118,133)(H,119,134)(H,120,137)(H,121,135)(H,122,136)(H,126,127)(H,138,139)(H4,85,86,103)(H4,87,88,104)(H4,89,90,105)(H4,91,92,106)(H4,93,94,107)(H4,95,96,108)(H4,97,98,109)(H4,99,100,110)(H4,101,102,111)(H2,123,124,140)/t48-,49-,50-,51-,52-,53-,54-,55-,56-,57-,58-,59-,60-,63-/m0/s1. The predicted octanol–water partition coefficient (Wildman–Crippen LogP) is -8.44. The lowest BCUT2D eigenvalue weighted by Gasteiger charge is -2.29. The van der Waals surface area contributed by atoms with Crippen LogP contribution in [0.2, 0.25) is 0 Å². The molecule has 56 nitrogen and oxygen atoms in total. The number of carboxylic acids is 2. The SMILES string of the molecule is N=C(N)NCCC[C@H](NC(=O)CCCC[C@@H]1SC[C@@H]2NC(=O)N[C@@H]21)C(=O)N[C@@H](CCCNC(=N)N)C(=O)N[C@@H](CCCNC(=N)N)C(=O)N[C@@H](CCCNC(=N)N)C(=O)N[C@@H](CCCNC(=N)N)C(=O)N[C@@H](CCCNC(=N)N)C(=O)N[C@@H](CCCNC(=N)N)C(=O)N[C@@H](CCCNC(=N)N)C(=O)N[C@@H](CCC(=O)O)C(=O)N[C@@H](CCCNC(=N)N)C(=O)N[C@@H](Cc1ccc(C2=CCCCC2)cc1)C(=O)O. The van der Waals surface area contributed by atoms with E-state index in [0.717, 1.165) is 42.6 Å². The zero-order valence-electron chi connectivity index (χ0n) is 79.3. The Morgan fingerprint density at radius 2 is 0.610 bits per heavy atom. The molecule has 13 amide bonds. The summed E-state index contributed by atoms with van der Waals surface area (Å²) in [6, 6.07) is -11.0. The van der Waals surface area contributed by atoms with Crippen molar-refractivity contribution in [1.82, 2.24) is 117 Å². The zero-order valence-corrected chi connectivity index (χ0v) is 80.1. The molecule has 51 N–H and O–H groups in total. The van der Waals surface area contributed by atoms with E-state index >= 15 is 24.0 Å². The molecule has 1 aromatic rings. The molecule has 0 spiro atoms. The lowest BCUT2D eigenvalue weighted by atomic mass is 9.92. The molecular formula is C84H148N40O16S. The molecule has 1 aliphatic carbocycles. The first-order valence-electron chi connectivity index (χ1n) is 46.9. The number of carbonyl (C=O) groups is 14. The molecule has 14 atom stereocenters. The summed E-state index contributed by atoms with van der Waals surface area (Å²) in [6.07, 6.45) is 3.73. The van der Waals surface area contributed by atoms with Crippen LogP contribution in [0.1, 0.15) is 191 Å². The number of nitrogens with two attached hydrogens (primary N) is 9. The van der Waals surface area contributed by atoms with Gasteiger partial charge in [-0.2, -0.15) is 11.8 Å². The molecule has 0 saturated carbocycles. The Bertz CT molecular complexity index is 4460. The van der Waals surface area contributed by atoms with Crippen LogP contribution in [0.25, 0.3) is 5.57 Å². The van der Waals surface area contributed by atoms with Crippen molar-refractivity contribution in [2.45, 2.75) is 270 Å². The molecule has 141 heavy (non-hydrogen) atoms. The molecule has 0 bridgehead atoms. The zero-order chi connectivity index (χ0) is 104. The number of amides is 13. The van der Waals surface area contributed by atoms with Crippen molar-refractivity contribution in [3.63, 3.8) is 0 Å². The molecule has 1 aromatic carbocycles. The van der Waals surface area contributed by atoms with E-state index in [1.807, 2.05) is 12.1 Å². The van der Waals surface area contributed by atoms with Gasteiger partial charge in [-0.1, -0.05) is 36.8 Å². The Balaban J connectivity index is 1.75. The lowest BCUT2D eigenvalue weighted by molar-refractivity contribution is -0.142. The number of hydrogen-bond acceptors (Lipinski definition) is 24. The summed E-state index contributed by atoms with van der Waals surface area (Å²) in [7, 11) is 0. The normalized spacial score (nSPS) is 16.2. The van der Waals surface area contributed by atoms with Crippen LogP contribution in [-0.4, -0.2) is 295 Å². The highest BCUT2D eigenvalue weighted by Gasteiger charge is 2.43. The van der Waals surface area contributed by atoms with Gasteiger partial charge in [0.05, 0.1) is 12.1 Å². The number of benzene rings is 1. The topological polar surface area (TPSA) is 993 Å². The van der Waals surface area contributed by atoms with Crippen LogP contribution in [-0.2, 0) is 68.7 Å². The molecule has 3 aliphatic rings. The summed E-state index contributed by atoms with van der Waals surface area (Å²) in [5.41, 5.74) is 53.0. The van der Waals surface area contributed by atoms with E-state index in [0.29, 0.717) is 24.8 Å². The molecule has 2 aliphatic heterocycles. The van der Waals surface area contributed by atoms with E-state index < -0.39 is 204 Å². The maximum absolute atomic E-state index is 15.2. The average molecular weight is 2010 g/mol. The first kappa shape index (κ1) is 118. The van der Waals surface area contributed by atoms with E-state index in [-0.39, 0.29) is 217 Å². The maximum atomic E-state index is 15.2. The highest BCUT2D eigenvalue weighted by Crippen LogP contribution is 2.33. The molecular weight excluding hydrogens is 1860 g/mol. The number of thioether (sulfide) groups is 1. The number of nitrogens with one attached hydrogen (secondary N) is 31. The van der Waals surface area contributed by atoms with Gasteiger partial charge in [-0.05, 0) is 177 Å². The third kappa shape index (κ3) is 49.8. The first-order chi connectivity index (χ1) is 67.0. The fraction of sp³-hybridized carbons (Fsp3) is 0.631. The van der Waals surface area contributed by atoms with Crippen LogP contribution < -0.4 is 169 Å². The van der Waals surface area contributed by atoms with Gasteiger partial charge < -0.3 is 179 Å². The Hall–Kier alpha value is -14.9. The smallest absolute Gasteiger partial charge is 0.326 e. The quantitative estimate of drug-likeness (QED) is 0.0125.